The summed E-state index contributed by atoms with van der Waals surface area (Å²) in [5.41, 5.74) is 1.63. The first-order valence-corrected chi connectivity index (χ1v) is 14.5. The average molecular weight is 564 g/mol. The van der Waals surface area contributed by atoms with Gasteiger partial charge >= 0.3 is 6.03 Å². The number of benzene rings is 2. The van der Waals surface area contributed by atoms with E-state index in [9.17, 15) is 4.79 Å². The second-order valence-electron chi connectivity index (χ2n) is 11.8. The third-order valence-corrected chi connectivity index (χ3v) is 7.21. The molecule has 1 aliphatic heterocycles. The molecule has 0 radical (unpaired) electrons. The molecule has 0 bridgehead atoms. The number of ether oxygens (including phenoxy) is 3. The lowest BCUT2D eigenvalue weighted by molar-refractivity contribution is 0.149. The lowest BCUT2D eigenvalue weighted by atomic mass is 9.92. The maximum Gasteiger partial charge on any atom is 0.319 e. The zero-order valence-corrected chi connectivity index (χ0v) is 25.2. The lowest BCUT2D eigenvalue weighted by Crippen LogP contribution is -2.44. The molecule has 1 fully saturated rings. The van der Waals surface area contributed by atoms with Crippen molar-refractivity contribution in [3.05, 3.63) is 48.7 Å². The predicted molar refractivity (Wildman–Crippen MR) is 165 cm³/mol. The highest BCUT2D eigenvalue weighted by molar-refractivity contribution is 5.89. The summed E-state index contributed by atoms with van der Waals surface area (Å²) in [4.78, 5) is 21.6. The Labute approximate surface area is 244 Å². The van der Waals surface area contributed by atoms with Crippen molar-refractivity contribution in [3.8, 4) is 23.0 Å². The molecule has 222 valence electrons. The Balaban J connectivity index is 1.32. The largest absolute Gasteiger partial charge is 0.493 e. The number of nitrogens with one attached hydrogen (secondary N) is 2. The molecule has 9 nitrogen and oxygen atoms in total. The highest BCUT2D eigenvalue weighted by Gasteiger charge is 2.15. The molecule has 1 aliphatic rings. The fraction of sp³-hybridized carbons (Fsp3) is 0.500. The Bertz CT molecular complexity index is 1270. The van der Waals surface area contributed by atoms with E-state index in [1.807, 2.05) is 42.5 Å². The van der Waals surface area contributed by atoms with E-state index < -0.39 is 0 Å². The smallest absolute Gasteiger partial charge is 0.319 e. The van der Waals surface area contributed by atoms with Gasteiger partial charge in [-0.3, -0.25) is 4.98 Å². The first-order valence-electron chi connectivity index (χ1n) is 14.5. The van der Waals surface area contributed by atoms with Gasteiger partial charge in [0, 0.05) is 56.1 Å². The summed E-state index contributed by atoms with van der Waals surface area (Å²) in [6.45, 7) is 13.4. The number of hydrogen-bond acceptors (Lipinski definition) is 7. The zero-order chi connectivity index (χ0) is 29.2. The van der Waals surface area contributed by atoms with Crippen LogP contribution in [0.3, 0.4) is 0 Å². The van der Waals surface area contributed by atoms with Gasteiger partial charge in [0.05, 0.1) is 19.2 Å². The number of carbonyl (C=O) groups is 1. The van der Waals surface area contributed by atoms with Crippen LogP contribution in [0.2, 0.25) is 0 Å². The molecule has 9 heteroatoms. The number of urea groups is 1. The highest BCUT2D eigenvalue weighted by Crippen LogP contribution is 2.37. The Hall–Kier alpha value is -3.56. The van der Waals surface area contributed by atoms with Crippen LogP contribution in [0.4, 0.5) is 10.5 Å². The van der Waals surface area contributed by atoms with Gasteiger partial charge in [0.2, 0.25) is 0 Å². The summed E-state index contributed by atoms with van der Waals surface area (Å²) in [6, 6.07) is 12.7. The minimum absolute atomic E-state index is 0.173. The van der Waals surface area contributed by atoms with Crippen molar-refractivity contribution in [3.63, 3.8) is 0 Å². The number of unbranched alkanes of at least 4 members (excludes halogenated alkanes) is 1. The standard InChI is InChI=1S/C32H45N5O4/c1-32(2,3)13-15-34-31(38)35-24-8-10-25(11-9-24)41-28-12-14-33-27-23-30(29(39-5)22-26(27)28)40-21-7-6-16-37-19-17-36(4)18-20-37/h8-12,14,22-23H,6-7,13,15-21H2,1-5H3,(H2,34,35,38). The number of anilines is 1. The SMILES string of the molecule is COc1cc2c(Oc3ccc(NC(=O)NCCC(C)(C)C)cc3)ccnc2cc1OCCCCN1CCN(C)CC1. The molecule has 0 unspecified atom stereocenters. The lowest BCUT2D eigenvalue weighted by Gasteiger charge is -2.32. The number of piperazine rings is 1. The number of carbonyl (C=O) groups excluding carboxylic acids is 1. The monoisotopic (exact) mass is 563 g/mol. The number of pyridine rings is 1. The molecule has 2 aromatic carbocycles. The van der Waals surface area contributed by atoms with Crippen LogP contribution < -0.4 is 24.8 Å². The van der Waals surface area contributed by atoms with Crippen molar-refractivity contribution in [1.29, 1.82) is 0 Å². The van der Waals surface area contributed by atoms with Crippen LogP contribution >= 0.6 is 0 Å². The van der Waals surface area contributed by atoms with Crippen LogP contribution in [0, 0.1) is 5.41 Å². The molecule has 0 aliphatic carbocycles. The van der Waals surface area contributed by atoms with Gasteiger partial charge in [0.25, 0.3) is 0 Å². The number of aromatic nitrogens is 1. The highest BCUT2D eigenvalue weighted by atomic mass is 16.5. The third kappa shape index (κ3) is 9.50. The summed E-state index contributed by atoms with van der Waals surface area (Å²) < 4.78 is 18.0. The van der Waals surface area contributed by atoms with Crippen molar-refractivity contribution in [2.45, 2.75) is 40.0 Å². The van der Waals surface area contributed by atoms with E-state index in [4.69, 9.17) is 14.2 Å². The van der Waals surface area contributed by atoms with E-state index in [0.717, 1.165) is 62.9 Å². The molecule has 2 heterocycles. The van der Waals surface area contributed by atoms with Crippen molar-refractivity contribution >= 4 is 22.6 Å². The number of nitrogens with zero attached hydrogens (tertiary/aromatic N) is 3. The van der Waals surface area contributed by atoms with Gasteiger partial charge in [-0.15, -0.1) is 0 Å². The summed E-state index contributed by atoms with van der Waals surface area (Å²) >= 11 is 0. The van der Waals surface area contributed by atoms with Crippen molar-refractivity contribution in [2.75, 3.05) is 65.3 Å². The van der Waals surface area contributed by atoms with Crippen molar-refractivity contribution in [2.24, 2.45) is 5.41 Å². The topological polar surface area (TPSA) is 88.2 Å². The predicted octanol–water partition coefficient (Wildman–Crippen LogP) is 6.00. The first-order chi connectivity index (χ1) is 19.7. The van der Waals surface area contributed by atoms with Gasteiger partial charge in [0.15, 0.2) is 11.5 Å². The maximum absolute atomic E-state index is 12.2. The van der Waals surface area contributed by atoms with Gasteiger partial charge in [0.1, 0.15) is 11.5 Å². The normalized spacial score (nSPS) is 14.6. The fourth-order valence-electron chi connectivity index (χ4n) is 4.64. The van der Waals surface area contributed by atoms with E-state index in [1.54, 1.807) is 13.3 Å². The Morgan fingerprint density at radius 2 is 1.73 bits per heavy atom. The second-order valence-corrected chi connectivity index (χ2v) is 11.8. The number of fused-ring (bicyclic) bond motifs is 1. The maximum atomic E-state index is 12.2. The molecule has 4 rings (SSSR count). The summed E-state index contributed by atoms with van der Waals surface area (Å²) in [5, 5.41) is 6.59. The number of rotatable bonds is 12. The molecule has 1 aromatic heterocycles. The molecule has 1 saturated heterocycles. The molecule has 2 amide bonds. The number of methoxy groups -OCH3 is 1. The van der Waals surface area contributed by atoms with E-state index in [-0.39, 0.29) is 11.4 Å². The van der Waals surface area contributed by atoms with Crippen LogP contribution in [-0.4, -0.2) is 80.8 Å². The van der Waals surface area contributed by atoms with E-state index >= 15 is 0 Å². The van der Waals surface area contributed by atoms with Crippen molar-refractivity contribution in [1.82, 2.24) is 20.1 Å². The Morgan fingerprint density at radius 3 is 2.44 bits per heavy atom. The summed E-state index contributed by atoms with van der Waals surface area (Å²) in [7, 11) is 3.82. The molecule has 3 aromatic rings. The van der Waals surface area contributed by atoms with E-state index in [0.29, 0.717) is 41.8 Å². The quantitative estimate of drug-likeness (QED) is 0.261. The summed E-state index contributed by atoms with van der Waals surface area (Å²) in [5.74, 6) is 2.63. The molecule has 41 heavy (non-hydrogen) atoms. The van der Waals surface area contributed by atoms with Crippen LogP contribution in [0.25, 0.3) is 10.9 Å². The number of hydrogen-bond donors (Lipinski definition) is 2. The molecular weight excluding hydrogens is 518 g/mol. The first kappa shape index (κ1) is 30.4. The van der Waals surface area contributed by atoms with Gasteiger partial charge in [-0.05, 0) is 74.7 Å². The molecule has 0 atom stereocenters. The fourth-order valence-corrected chi connectivity index (χ4v) is 4.64. The third-order valence-electron chi connectivity index (χ3n) is 7.21. The minimum Gasteiger partial charge on any atom is -0.493 e. The van der Waals surface area contributed by atoms with Gasteiger partial charge in [-0.25, -0.2) is 4.79 Å². The number of likely N-dealkylation sites (N-methyl/N-ethyl adjacent to an activating group) is 1. The van der Waals surface area contributed by atoms with E-state index in [1.165, 1.54) is 0 Å². The van der Waals surface area contributed by atoms with Crippen LogP contribution in [-0.2, 0) is 0 Å². The van der Waals surface area contributed by atoms with Crippen LogP contribution in [0.15, 0.2) is 48.7 Å². The Kier molecular flexibility index (Phi) is 10.7. The molecule has 0 spiro atoms. The Morgan fingerprint density at radius 1 is 0.976 bits per heavy atom. The van der Waals surface area contributed by atoms with Crippen LogP contribution in [0.1, 0.15) is 40.0 Å². The minimum atomic E-state index is -0.219. The molecule has 2 N–H and O–H groups in total. The van der Waals surface area contributed by atoms with Crippen LogP contribution in [0.5, 0.6) is 23.0 Å². The zero-order valence-electron chi connectivity index (χ0n) is 25.2. The van der Waals surface area contributed by atoms with E-state index in [2.05, 4.69) is 53.2 Å². The van der Waals surface area contributed by atoms with Crippen molar-refractivity contribution < 1.29 is 19.0 Å². The van der Waals surface area contributed by atoms with Gasteiger partial charge in [-0.1, -0.05) is 20.8 Å². The second kappa shape index (κ2) is 14.4. The van der Waals surface area contributed by atoms with Gasteiger partial charge < -0.3 is 34.6 Å². The van der Waals surface area contributed by atoms with Gasteiger partial charge in [-0.2, -0.15) is 0 Å². The molecule has 0 saturated carbocycles. The molecular formula is C32H45N5O4. The summed E-state index contributed by atoms with van der Waals surface area (Å²) in [6.07, 6.45) is 4.71. The number of amides is 2. The average Bonchev–Trinajstić information content (AvgIpc) is 2.94.